The molecule has 3 atom stereocenters. The first-order chi connectivity index (χ1) is 6.07. The number of hydrogen-bond donors (Lipinski definition) is 0. The van der Waals surface area contributed by atoms with E-state index >= 15 is 0 Å². The molecule has 1 rings (SSSR count). The molecule has 0 N–H and O–H groups in total. The number of ketones is 1. The van der Waals surface area contributed by atoms with Gasteiger partial charge in [-0.2, -0.15) is 0 Å². The Hall–Kier alpha value is -0.860. The van der Waals surface area contributed by atoms with Crippen molar-refractivity contribution < 1.29 is 14.3 Å². The number of carbonyl (C=O) groups is 2. The molecule has 0 amide bonds. The molecular formula is C10H16O3. The Morgan fingerprint density at radius 1 is 1.31 bits per heavy atom. The highest BCUT2D eigenvalue weighted by Gasteiger charge is 2.41. The van der Waals surface area contributed by atoms with E-state index < -0.39 is 0 Å². The molecule has 1 aliphatic carbocycles. The van der Waals surface area contributed by atoms with Crippen LogP contribution >= 0.6 is 0 Å². The predicted molar refractivity (Wildman–Crippen MR) is 48.1 cm³/mol. The Bertz CT molecular complexity index is 222. The van der Waals surface area contributed by atoms with Gasteiger partial charge in [-0.05, 0) is 25.7 Å². The molecule has 0 bridgehead atoms. The van der Waals surface area contributed by atoms with Crippen molar-refractivity contribution in [2.24, 2.45) is 17.8 Å². The molecule has 74 valence electrons. The lowest BCUT2D eigenvalue weighted by Gasteiger charge is -2.17. The van der Waals surface area contributed by atoms with Crippen molar-refractivity contribution in [3.63, 3.8) is 0 Å². The molecule has 0 heterocycles. The zero-order chi connectivity index (χ0) is 10.0. The summed E-state index contributed by atoms with van der Waals surface area (Å²) in [7, 11) is 1.38. The number of ether oxygens (including phenoxy) is 1. The van der Waals surface area contributed by atoms with E-state index in [0.29, 0.717) is 0 Å². The lowest BCUT2D eigenvalue weighted by atomic mass is 9.88. The van der Waals surface area contributed by atoms with E-state index in [1.807, 2.05) is 6.92 Å². The Balaban J connectivity index is 2.76. The monoisotopic (exact) mass is 184 g/mol. The third kappa shape index (κ3) is 1.90. The smallest absolute Gasteiger partial charge is 0.309 e. The fourth-order valence-electron chi connectivity index (χ4n) is 2.19. The molecule has 0 aromatic rings. The highest BCUT2D eigenvalue weighted by molar-refractivity contribution is 5.85. The molecule has 0 spiro atoms. The largest absolute Gasteiger partial charge is 0.469 e. The van der Waals surface area contributed by atoms with Crippen molar-refractivity contribution in [3.8, 4) is 0 Å². The van der Waals surface area contributed by atoms with Crippen LogP contribution in [0.3, 0.4) is 0 Å². The molecular weight excluding hydrogens is 168 g/mol. The summed E-state index contributed by atoms with van der Waals surface area (Å²) in [5.41, 5.74) is 0. The van der Waals surface area contributed by atoms with Gasteiger partial charge in [0.2, 0.25) is 0 Å². The van der Waals surface area contributed by atoms with Crippen LogP contribution in [0.5, 0.6) is 0 Å². The number of carbonyl (C=O) groups excluding carboxylic acids is 2. The van der Waals surface area contributed by atoms with Crippen molar-refractivity contribution in [1.29, 1.82) is 0 Å². The van der Waals surface area contributed by atoms with Gasteiger partial charge in [-0.25, -0.2) is 0 Å². The molecule has 3 nitrogen and oxygen atoms in total. The second-order valence-electron chi connectivity index (χ2n) is 3.82. The van der Waals surface area contributed by atoms with Crippen LogP contribution in [-0.2, 0) is 14.3 Å². The summed E-state index contributed by atoms with van der Waals surface area (Å²) in [6, 6.07) is 0. The minimum absolute atomic E-state index is 0.109. The maximum Gasteiger partial charge on any atom is 0.309 e. The average molecular weight is 184 g/mol. The minimum Gasteiger partial charge on any atom is -0.469 e. The first-order valence-electron chi connectivity index (χ1n) is 4.66. The molecule has 1 saturated carbocycles. The first kappa shape index (κ1) is 10.2. The molecule has 0 unspecified atom stereocenters. The fourth-order valence-corrected chi connectivity index (χ4v) is 2.19. The van der Waals surface area contributed by atoms with Crippen LogP contribution in [0.2, 0.25) is 0 Å². The van der Waals surface area contributed by atoms with Gasteiger partial charge in [-0.1, -0.05) is 6.92 Å². The predicted octanol–water partition coefficient (Wildman–Crippen LogP) is 1.41. The van der Waals surface area contributed by atoms with Crippen LogP contribution in [0.25, 0.3) is 0 Å². The summed E-state index contributed by atoms with van der Waals surface area (Å²) in [5.74, 6) is -0.156. The maximum absolute atomic E-state index is 11.4. The van der Waals surface area contributed by atoms with Gasteiger partial charge in [0.15, 0.2) is 0 Å². The second-order valence-corrected chi connectivity index (χ2v) is 3.82. The highest BCUT2D eigenvalue weighted by atomic mass is 16.5. The van der Waals surface area contributed by atoms with E-state index in [0.717, 1.165) is 12.8 Å². The lowest BCUT2D eigenvalue weighted by molar-refractivity contribution is -0.150. The lowest BCUT2D eigenvalue weighted by Crippen LogP contribution is -2.28. The van der Waals surface area contributed by atoms with Gasteiger partial charge in [0.05, 0.1) is 13.0 Å². The molecule has 0 aromatic carbocycles. The van der Waals surface area contributed by atoms with Crippen LogP contribution in [0.1, 0.15) is 26.7 Å². The molecule has 3 heteroatoms. The Labute approximate surface area is 78.5 Å². The van der Waals surface area contributed by atoms with E-state index in [1.54, 1.807) is 6.92 Å². The van der Waals surface area contributed by atoms with Gasteiger partial charge < -0.3 is 4.74 Å². The summed E-state index contributed by atoms with van der Waals surface area (Å²) in [5, 5.41) is 0. The number of methoxy groups -OCH3 is 1. The molecule has 1 fully saturated rings. The van der Waals surface area contributed by atoms with Gasteiger partial charge in [-0.3, -0.25) is 9.59 Å². The number of Topliss-reactive ketones (excluding diaryl/α,β-unsaturated/α-hetero) is 1. The van der Waals surface area contributed by atoms with Crippen LogP contribution in [0.15, 0.2) is 0 Å². The van der Waals surface area contributed by atoms with Gasteiger partial charge in [0, 0.05) is 5.92 Å². The Morgan fingerprint density at radius 2 is 1.92 bits per heavy atom. The van der Waals surface area contributed by atoms with E-state index in [-0.39, 0.29) is 29.5 Å². The zero-order valence-electron chi connectivity index (χ0n) is 8.37. The van der Waals surface area contributed by atoms with Gasteiger partial charge in [-0.15, -0.1) is 0 Å². The highest BCUT2D eigenvalue weighted by Crippen LogP contribution is 2.37. The molecule has 0 aromatic heterocycles. The third-order valence-electron chi connectivity index (χ3n) is 2.98. The summed E-state index contributed by atoms with van der Waals surface area (Å²) < 4.78 is 4.69. The minimum atomic E-state index is -0.231. The Morgan fingerprint density at radius 3 is 2.38 bits per heavy atom. The summed E-state index contributed by atoms with van der Waals surface area (Å²) in [6.45, 7) is 3.56. The maximum atomic E-state index is 11.4. The van der Waals surface area contributed by atoms with Crippen LogP contribution in [0, 0.1) is 17.8 Å². The molecule has 1 aliphatic rings. The van der Waals surface area contributed by atoms with Crippen molar-refractivity contribution in [1.82, 2.24) is 0 Å². The normalized spacial score (nSPS) is 33.0. The zero-order valence-corrected chi connectivity index (χ0v) is 8.37. The molecule has 0 aliphatic heterocycles. The quantitative estimate of drug-likeness (QED) is 0.609. The van der Waals surface area contributed by atoms with Crippen LogP contribution in [0.4, 0.5) is 0 Å². The SMILES string of the molecule is COC(=O)[C@H]1[C@@H](C)CC[C@H]1C(C)=O. The van der Waals surface area contributed by atoms with E-state index in [4.69, 9.17) is 4.74 Å². The topological polar surface area (TPSA) is 43.4 Å². The van der Waals surface area contributed by atoms with Crippen LogP contribution < -0.4 is 0 Å². The van der Waals surface area contributed by atoms with Crippen LogP contribution in [-0.4, -0.2) is 18.9 Å². The molecule has 0 saturated heterocycles. The molecule has 13 heavy (non-hydrogen) atoms. The van der Waals surface area contributed by atoms with Crippen molar-refractivity contribution >= 4 is 11.8 Å². The third-order valence-corrected chi connectivity index (χ3v) is 2.98. The molecule has 0 radical (unpaired) electrons. The standard InChI is InChI=1S/C10H16O3/c1-6-4-5-8(7(2)11)9(6)10(12)13-3/h6,8-9H,4-5H2,1-3H3/t6-,8-,9-/m0/s1. The first-order valence-corrected chi connectivity index (χ1v) is 4.66. The van der Waals surface area contributed by atoms with Gasteiger partial charge in [0.1, 0.15) is 5.78 Å². The number of esters is 1. The van der Waals surface area contributed by atoms with Crippen molar-refractivity contribution in [2.45, 2.75) is 26.7 Å². The van der Waals surface area contributed by atoms with E-state index in [9.17, 15) is 9.59 Å². The van der Waals surface area contributed by atoms with Crippen molar-refractivity contribution in [3.05, 3.63) is 0 Å². The Kier molecular flexibility index (Phi) is 3.07. The summed E-state index contributed by atoms with van der Waals surface area (Å²) in [4.78, 5) is 22.6. The summed E-state index contributed by atoms with van der Waals surface area (Å²) >= 11 is 0. The van der Waals surface area contributed by atoms with Gasteiger partial charge >= 0.3 is 5.97 Å². The fraction of sp³-hybridized carbons (Fsp3) is 0.800. The van der Waals surface area contributed by atoms with E-state index in [2.05, 4.69) is 0 Å². The average Bonchev–Trinajstić information content (AvgIpc) is 2.46. The van der Waals surface area contributed by atoms with E-state index in [1.165, 1.54) is 7.11 Å². The van der Waals surface area contributed by atoms with Crippen molar-refractivity contribution in [2.75, 3.05) is 7.11 Å². The van der Waals surface area contributed by atoms with Gasteiger partial charge in [0.25, 0.3) is 0 Å². The number of hydrogen-bond acceptors (Lipinski definition) is 3. The number of rotatable bonds is 2. The summed E-state index contributed by atoms with van der Waals surface area (Å²) in [6.07, 6.45) is 1.78. The second kappa shape index (κ2) is 3.90.